The molecule has 0 aliphatic heterocycles. The van der Waals surface area contributed by atoms with Gasteiger partial charge in [-0.1, -0.05) is 56.2 Å². The molecular weight excluding hydrogens is 1000 g/mol. The van der Waals surface area contributed by atoms with Crippen molar-refractivity contribution in [1.82, 2.24) is 21.5 Å². The second-order valence-electron chi connectivity index (χ2n) is 14.0. The third-order valence-electron chi connectivity index (χ3n) is 9.48. The van der Waals surface area contributed by atoms with Crippen LogP contribution in [0, 0.1) is 0 Å². The van der Waals surface area contributed by atoms with Crippen LogP contribution in [0.25, 0.3) is 0 Å². The van der Waals surface area contributed by atoms with Gasteiger partial charge >= 0.3 is 23.6 Å². The highest BCUT2D eigenvalue weighted by atomic mass is 127. The predicted molar refractivity (Wildman–Crippen MR) is 228 cm³/mol. The van der Waals surface area contributed by atoms with Gasteiger partial charge in [0.05, 0.1) is 11.4 Å². The summed E-state index contributed by atoms with van der Waals surface area (Å²) in [5.74, 6) is -2.94. The first-order valence-corrected chi connectivity index (χ1v) is 20.8. The Morgan fingerprint density at radius 3 is 1.43 bits per heavy atom. The summed E-state index contributed by atoms with van der Waals surface area (Å²) in [7, 11) is 0. The molecule has 0 saturated carbocycles. The number of aliphatic hydroxyl groups is 2. The van der Waals surface area contributed by atoms with E-state index in [1.54, 1.807) is 0 Å². The van der Waals surface area contributed by atoms with E-state index in [-0.39, 0.29) is 67.7 Å². The number of benzene rings is 2. The van der Waals surface area contributed by atoms with Crippen molar-refractivity contribution in [3.63, 3.8) is 0 Å². The van der Waals surface area contributed by atoms with Crippen molar-refractivity contribution >= 4 is 35.0 Å². The fourth-order valence-corrected chi connectivity index (χ4v) is 5.91. The van der Waals surface area contributed by atoms with E-state index >= 15 is 0 Å². The molecular formula is C45H64I2N8O6. The number of carbonyl (C=O) groups is 4. The molecule has 2 aromatic heterocycles. The largest absolute Gasteiger partial charge is 1.00 e. The molecule has 8 N–H and O–H groups in total. The van der Waals surface area contributed by atoms with E-state index in [4.69, 9.17) is 10.2 Å². The first kappa shape index (κ1) is 54.6. The van der Waals surface area contributed by atoms with Crippen LogP contribution < -0.4 is 89.4 Å². The third kappa shape index (κ3) is 22.3. The van der Waals surface area contributed by atoms with Gasteiger partial charge in [0.15, 0.2) is 24.8 Å². The van der Waals surface area contributed by atoms with Crippen LogP contribution in [0.2, 0.25) is 0 Å². The average Bonchev–Trinajstić information content (AvgIpc) is 3.27. The van der Waals surface area contributed by atoms with Gasteiger partial charge in [0.25, 0.3) is 0 Å². The summed E-state index contributed by atoms with van der Waals surface area (Å²) >= 11 is 0. The molecule has 0 atom stereocenters. The molecule has 4 amide bonds. The number of aromatic nitrogens is 2. The van der Waals surface area contributed by atoms with E-state index in [9.17, 15) is 19.2 Å². The van der Waals surface area contributed by atoms with Crippen LogP contribution >= 0.6 is 0 Å². The number of amides is 4. The number of nitrogens with one attached hydrogen (secondary N) is 6. The Bertz CT molecular complexity index is 1850. The number of anilines is 2. The van der Waals surface area contributed by atoms with Crippen molar-refractivity contribution in [3.8, 4) is 0 Å². The van der Waals surface area contributed by atoms with Crippen molar-refractivity contribution in [2.24, 2.45) is 0 Å². The van der Waals surface area contributed by atoms with Gasteiger partial charge in [-0.05, 0) is 92.7 Å². The van der Waals surface area contributed by atoms with Crippen LogP contribution in [-0.2, 0) is 58.0 Å². The van der Waals surface area contributed by atoms with E-state index in [0.717, 1.165) is 61.3 Å². The minimum Gasteiger partial charge on any atom is -1.00 e. The molecule has 14 nitrogen and oxygen atoms in total. The van der Waals surface area contributed by atoms with E-state index in [2.05, 4.69) is 104 Å². The monoisotopic (exact) mass is 1070 g/mol. The van der Waals surface area contributed by atoms with Crippen molar-refractivity contribution < 1.29 is 86.5 Å². The van der Waals surface area contributed by atoms with Crippen molar-refractivity contribution in [1.29, 1.82) is 0 Å². The number of para-hydroxylation sites is 2. The molecule has 61 heavy (non-hydrogen) atoms. The molecule has 0 unspecified atom stereocenters. The van der Waals surface area contributed by atoms with Crippen LogP contribution in [0.5, 0.6) is 0 Å². The summed E-state index contributed by atoms with van der Waals surface area (Å²) in [4.78, 5) is 47.2. The number of pyridine rings is 2. The molecule has 4 rings (SSSR count). The molecule has 16 heteroatoms. The predicted octanol–water partition coefficient (Wildman–Crippen LogP) is -2.60. The lowest BCUT2D eigenvalue weighted by Crippen LogP contribution is -3.00. The average molecular weight is 1070 g/mol. The van der Waals surface area contributed by atoms with Gasteiger partial charge in [-0.25, -0.2) is 9.13 Å². The van der Waals surface area contributed by atoms with Crippen LogP contribution in [0.3, 0.4) is 0 Å². The third-order valence-corrected chi connectivity index (χ3v) is 9.48. The maximum atomic E-state index is 11.9. The molecule has 0 spiro atoms. The molecule has 0 fully saturated rings. The standard InChI is InChI=1S/C24H34N4O3.C21H28N4O3.2HI/c1-2-3-4-7-16-28-17-13-20(14-18-28)11-12-21-9-5-6-10-22(21)26-27-24(31)23(30)25-15-8-19-29;1-2-25-14-11-17(12-15-25)9-10-18-7-3-4-8-19(18)23-24-21(28)20(27)22-13-5-6-16-26;;/h5-6,9-10,13-14,17-18,29H,2-4,7-8,11-12,15-16,19H2,1H3,(H2-,25,26,27,30,31);3-4,7-8,11-12,14-15,26H,2,5-6,9-10,13,16H2,1H3,(H2-,22,23,24,27,28);2*1H. The van der Waals surface area contributed by atoms with Crippen LogP contribution in [-0.4, -0.2) is 60.1 Å². The number of unbranched alkanes of at least 4 members (excludes halogenated alkanes) is 4. The molecule has 0 saturated heterocycles. The van der Waals surface area contributed by atoms with Crippen molar-refractivity contribution in [2.45, 2.75) is 97.6 Å². The quantitative estimate of drug-likeness (QED) is 0.0131. The van der Waals surface area contributed by atoms with E-state index < -0.39 is 23.6 Å². The number of rotatable bonds is 23. The number of hydrogen-bond donors (Lipinski definition) is 8. The summed E-state index contributed by atoms with van der Waals surface area (Å²) in [5, 5.41) is 22.4. The number of halogens is 2. The van der Waals surface area contributed by atoms with Crippen LogP contribution in [0.4, 0.5) is 11.4 Å². The lowest BCUT2D eigenvalue weighted by atomic mass is 10.0. The first-order chi connectivity index (χ1) is 28.8. The number of hydrogen-bond acceptors (Lipinski definition) is 8. The molecule has 2 aromatic carbocycles. The molecule has 334 valence electrons. The SMILES string of the molecule is CCCCCC[n+]1ccc(CCc2ccccc2NNC(=O)C(=O)NCCCO)cc1.CC[n+]1ccc(CCc2ccccc2NNC(=O)C(=O)NCCCCO)cc1.[I-].[I-]. The maximum absolute atomic E-state index is 11.9. The molecule has 0 aliphatic rings. The second kappa shape index (κ2) is 33.3. The zero-order valence-electron chi connectivity index (χ0n) is 35.4. The fraction of sp³-hybridized carbons (Fsp3) is 0.422. The van der Waals surface area contributed by atoms with Crippen molar-refractivity contribution in [2.75, 3.05) is 37.2 Å². The molecule has 4 aromatic rings. The highest BCUT2D eigenvalue weighted by Crippen LogP contribution is 2.18. The Balaban J connectivity index is 0.000000593. The second-order valence-corrected chi connectivity index (χ2v) is 14.0. The highest BCUT2D eigenvalue weighted by Gasteiger charge is 2.14. The molecule has 0 bridgehead atoms. The smallest absolute Gasteiger partial charge is 0.327 e. The Hall–Kier alpha value is -4.40. The Labute approximate surface area is 395 Å². The zero-order chi connectivity index (χ0) is 42.5. The number of nitrogens with zero attached hydrogens (tertiary/aromatic N) is 2. The summed E-state index contributed by atoms with van der Waals surface area (Å²) < 4.78 is 4.35. The Morgan fingerprint density at radius 1 is 0.508 bits per heavy atom. The number of aryl methyl sites for hydroxylation is 6. The lowest BCUT2D eigenvalue weighted by molar-refractivity contribution is -0.697. The van der Waals surface area contributed by atoms with Gasteiger partial charge in [-0.3, -0.25) is 40.9 Å². The number of hydrazine groups is 2. The fourth-order valence-electron chi connectivity index (χ4n) is 5.91. The zero-order valence-corrected chi connectivity index (χ0v) is 39.8. The van der Waals surface area contributed by atoms with Crippen LogP contribution in [0.15, 0.2) is 97.6 Å². The van der Waals surface area contributed by atoms with E-state index in [1.807, 2.05) is 48.5 Å². The molecule has 2 heterocycles. The van der Waals surface area contributed by atoms with Crippen LogP contribution in [0.1, 0.15) is 81.0 Å². The minimum absolute atomic E-state index is 0. The number of carbonyl (C=O) groups excluding carboxylic acids is 4. The maximum Gasteiger partial charge on any atom is 0.327 e. The number of aliphatic hydroxyl groups excluding tert-OH is 2. The van der Waals surface area contributed by atoms with E-state index in [1.165, 1.54) is 36.8 Å². The summed E-state index contributed by atoms with van der Waals surface area (Å²) in [6.07, 6.45) is 18.4. The van der Waals surface area contributed by atoms with Gasteiger partial charge in [0, 0.05) is 57.0 Å². The van der Waals surface area contributed by atoms with E-state index in [0.29, 0.717) is 25.8 Å². The summed E-state index contributed by atoms with van der Waals surface area (Å²) in [6, 6.07) is 24.0. The van der Waals surface area contributed by atoms with Gasteiger partial charge in [-0.2, -0.15) is 0 Å². The topological polar surface area (TPSA) is 189 Å². The van der Waals surface area contributed by atoms with Gasteiger partial charge in [-0.15, -0.1) is 0 Å². The summed E-state index contributed by atoms with van der Waals surface area (Å²) in [6.45, 7) is 6.98. The van der Waals surface area contributed by atoms with Gasteiger partial charge < -0.3 is 68.8 Å². The highest BCUT2D eigenvalue weighted by molar-refractivity contribution is 6.35. The molecule has 0 aliphatic carbocycles. The first-order valence-electron chi connectivity index (χ1n) is 20.8. The van der Waals surface area contributed by atoms with Crippen molar-refractivity contribution in [3.05, 3.63) is 120 Å². The molecule has 0 radical (unpaired) electrons. The van der Waals surface area contributed by atoms with Gasteiger partial charge in [0.1, 0.15) is 13.1 Å². The van der Waals surface area contributed by atoms with Gasteiger partial charge in [0.2, 0.25) is 0 Å². The summed E-state index contributed by atoms with van der Waals surface area (Å²) in [5.41, 5.74) is 16.7. The Morgan fingerprint density at radius 2 is 0.967 bits per heavy atom. The Kier molecular flexibility index (Phi) is 29.8. The lowest BCUT2D eigenvalue weighted by Gasteiger charge is -2.13. The minimum atomic E-state index is -0.765. The normalized spacial score (nSPS) is 10.1.